The minimum absolute atomic E-state index is 0.0451. The lowest BCUT2D eigenvalue weighted by molar-refractivity contribution is -0.118. The normalized spacial score (nSPS) is 10.5. The average Bonchev–Trinajstić information content (AvgIpc) is 2.49. The van der Waals surface area contributed by atoms with Crippen molar-refractivity contribution in [2.45, 2.75) is 19.8 Å². The zero-order valence-corrected chi connectivity index (χ0v) is 12.6. The summed E-state index contributed by atoms with van der Waals surface area (Å²) in [6.45, 7) is 4.00. The maximum atomic E-state index is 13.5. The van der Waals surface area contributed by atoms with Gasteiger partial charge >= 0.3 is 0 Å². The Morgan fingerprint density at radius 3 is 2.55 bits per heavy atom. The minimum Gasteiger partial charge on any atom is -0.484 e. The molecule has 4 nitrogen and oxygen atoms in total. The van der Waals surface area contributed by atoms with Gasteiger partial charge in [-0.3, -0.25) is 4.79 Å². The highest BCUT2D eigenvalue weighted by molar-refractivity contribution is 5.92. The van der Waals surface area contributed by atoms with Crippen molar-refractivity contribution in [1.82, 2.24) is 0 Å². The van der Waals surface area contributed by atoms with Gasteiger partial charge in [0.15, 0.2) is 6.61 Å². The van der Waals surface area contributed by atoms with Crippen LogP contribution in [0.1, 0.15) is 25.3 Å². The van der Waals surface area contributed by atoms with E-state index in [1.807, 2.05) is 24.3 Å². The first-order chi connectivity index (χ1) is 10.5. The number of anilines is 2. The summed E-state index contributed by atoms with van der Waals surface area (Å²) in [6, 6.07) is 11.5. The van der Waals surface area contributed by atoms with E-state index < -0.39 is 11.7 Å². The van der Waals surface area contributed by atoms with Crippen molar-refractivity contribution in [3.05, 3.63) is 53.8 Å². The van der Waals surface area contributed by atoms with E-state index in [1.165, 1.54) is 23.8 Å². The van der Waals surface area contributed by atoms with Crippen molar-refractivity contribution in [1.29, 1.82) is 0 Å². The van der Waals surface area contributed by atoms with E-state index in [0.29, 0.717) is 17.4 Å². The summed E-state index contributed by atoms with van der Waals surface area (Å²) in [5.41, 5.74) is 7.17. The van der Waals surface area contributed by atoms with E-state index in [0.717, 1.165) is 0 Å². The van der Waals surface area contributed by atoms with Crippen LogP contribution in [0.3, 0.4) is 0 Å². The standard InChI is InChI=1S/C17H19FN2O2/c1-11(2)12-3-6-14(7-4-12)22-10-17(21)20-16-9-13(19)5-8-15(16)18/h3-9,11H,10,19H2,1-2H3,(H,20,21). The molecule has 0 aromatic heterocycles. The number of amides is 1. The number of ether oxygens (including phenoxy) is 1. The Hall–Kier alpha value is -2.56. The Bertz CT molecular complexity index is 654. The predicted molar refractivity (Wildman–Crippen MR) is 85.5 cm³/mol. The van der Waals surface area contributed by atoms with Crippen LogP contribution in [0, 0.1) is 5.82 Å². The molecule has 0 radical (unpaired) electrons. The van der Waals surface area contributed by atoms with E-state index >= 15 is 0 Å². The van der Waals surface area contributed by atoms with Gasteiger partial charge in [0.2, 0.25) is 0 Å². The van der Waals surface area contributed by atoms with Gasteiger partial charge in [-0.25, -0.2) is 4.39 Å². The quantitative estimate of drug-likeness (QED) is 0.830. The molecule has 2 aromatic rings. The highest BCUT2D eigenvalue weighted by Crippen LogP contribution is 2.19. The Kier molecular flexibility index (Phi) is 4.99. The fraction of sp³-hybridized carbons (Fsp3) is 0.235. The van der Waals surface area contributed by atoms with Crippen molar-refractivity contribution in [3.8, 4) is 5.75 Å². The number of carbonyl (C=O) groups is 1. The third-order valence-corrected chi connectivity index (χ3v) is 3.18. The third kappa shape index (κ3) is 4.22. The molecule has 0 atom stereocenters. The molecule has 22 heavy (non-hydrogen) atoms. The summed E-state index contributed by atoms with van der Waals surface area (Å²) in [7, 11) is 0. The van der Waals surface area contributed by atoms with Gasteiger partial charge in [0.25, 0.3) is 5.91 Å². The van der Waals surface area contributed by atoms with Gasteiger partial charge in [-0.15, -0.1) is 0 Å². The maximum Gasteiger partial charge on any atom is 0.262 e. The molecule has 0 aliphatic carbocycles. The summed E-state index contributed by atoms with van der Waals surface area (Å²) < 4.78 is 18.9. The third-order valence-electron chi connectivity index (χ3n) is 3.18. The van der Waals surface area contributed by atoms with Gasteiger partial charge < -0.3 is 15.8 Å². The van der Waals surface area contributed by atoms with E-state index in [1.54, 1.807) is 0 Å². The second-order valence-corrected chi connectivity index (χ2v) is 5.30. The molecule has 0 aliphatic heterocycles. The lowest BCUT2D eigenvalue weighted by Crippen LogP contribution is -2.20. The fourth-order valence-electron chi connectivity index (χ4n) is 1.92. The van der Waals surface area contributed by atoms with Crippen LogP contribution in [0.25, 0.3) is 0 Å². The average molecular weight is 302 g/mol. The Balaban J connectivity index is 1.91. The molecule has 0 unspecified atom stereocenters. The lowest BCUT2D eigenvalue weighted by Gasteiger charge is -2.10. The highest BCUT2D eigenvalue weighted by Gasteiger charge is 2.08. The minimum atomic E-state index is -0.538. The summed E-state index contributed by atoms with van der Waals surface area (Å²) >= 11 is 0. The molecular weight excluding hydrogens is 283 g/mol. The molecule has 1 amide bonds. The number of nitrogens with two attached hydrogens (primary N) is 1. The largest absolute Gasteiger partial charge is 0.484 e. The van der Waals surface area contributed by atoms with Crippen molar-refractivity contribution < 1.29 is 13.9 Å². The number of hydrogen-bond donors (Lipinski definition) is 2. The van der Waals surface area contributed by atoms with Crippen LogP contribution >= 0.6 is 0 Å². The number of halogens is 1. The van der Waals surface area contributed by atoms with Gasteiger partial charge in [-0.1, -0.05) is 26.0 Å². The van der Waals surface area contributed by atoms with Gasteiger partial charge in [-0.05, 0) is 41.8 Å². The number of carbonyl (C=O) groups excluding carboxylic acids is 1. The van der Waals surface area contributed by atoms with E-state index in [2.05, 4.69) is 19.2 Å². The molecule has 0 fully saturated rings. The van der Waals surface area contributed by atoms with E-state index in [9.17, 15) is 9.18 Å². The topological polar surface area (TPSA) is 64.3 Å². The number of nitrogens with one attached hydrogen (secondary N) is 1. The first kappa shape index (κ1) is 15.8. The maximum absolute atomic E-state index is 13.5. The van der Waals surface area contributed by atoms with Crippen LogP contribution in [-0.4, -0.2) is 12.5 Å². The number of benzene rings is 2. The molecule has 2 rings (SSSR count). The van der Waals surface area contributed by atoms with Crippen molar-refractivity contribution in [2.75, 3.05) is 17.7 Å². The van der Waals surface area contributed by atoms with Crippen LogP contribution in [0.5, 0.6) is 5.75 Å². The molecule has 0 saturated heterocycles. The molecule has 0 bridgehead atoms. The van der Waals surface area contributed by atoms with Crippen molar-refractivity contribution in [3.63, 3.8) is 0 Å². The zero-order chi connectivity index (χ0) is 16.1. The zero-order valence-electron chi connectivity index (χ0n) is 12.6. The molecule has 116 valence electrons. The summed E-state index contributed by atoms with van der Waals surface area (Å²) in [5.74, 6) is 0.0396. The Labute approximate surface area is 129 Å². The van der Waals surface area contributed by atoms with Crippen molar-refractivity contribution in [2.24, 2.45) is 0 Å². The molecule has 0 aliphatic rings. The molecule has 3 N–H and O–H groups in total. The molecule has 2 aromatic carbocycles. The van der Waals surface area contributed by atoms with Crippen LogP contribution in [0.4, 0.5) is 15.8 Å². The van der Waals surface area contributed by atoms with Crippen LogP contribution in [0.15, 0.2) is 42.5 Å². The van der Waals surface area contributed by atoms with Crippen molar-refractivity contribution >= 4 is 17.3 Å². The second kappa shape index (κ2) is 6.93. The summed E-state index contributed by atoms with van der Waals surface area (Å²) in [6.07, 6.45) is 0. The summed E-state index contributed by atoms with van der Waals surface area (Å²) in [4.78, 5) is 11.8. The SMILES string of the molecule is CC(C)c1ccc(OCC(=O)Nc2cc(N)ccc2F)cc1. The number of hydrogen-bond acceptors (Lipinski definition) is 3. The van der Waals surface area contributed by atoms with Crippen LogP contribution in [-0.2, 0) is 4.79 Å². The molecule has 0 saturated carbocycles. The molecular formula is C17H19FN2O2. The van der Waals surface area contributed by atoms with Gasteiger partial charge in [0.1, 0.15) is 11.6 Å². The van der Waals surface area contributed by atoms with Gasteiger partial charge in [0, 0.05) is 5.69 Å². The lowest BCUT2D eigenvalue weighted by atomic mass is 10.0. The van der Waals surface area contributed by atoms with Crippen LogP contribution < -0.4 is 15.8 Å². The van der Waals surface area contributed by atoms with Gasteiger partial charge in [-0.2, -0.15) is 0 Å². The molecule has 5 heteroatoms. The van der Waals surface area contributed by atoms with E-state index in [-0.39, 0.29) is 12.3 Å². The monoisotopic (exact) mass is 302 g/mol. The van der Waals surface area contributed by atoms with E-state index in [4.69, 9.17) is 10.5 Å². The Morgan fingerprint density at radius 1 is 1.23 bits per heavy atom. The Morgan fingerprint density at radius 2 is 1.91 bits per heavy atom. The molecule has 0 heterocycles. The van der Waals surface area contributed by atoms with Gasteiger partial charge in [0.05, 0.1) is 5.69 Å². The summed E-state index contributed by atoms with van der Waals surface area (Å²) in [5, 5.41) is 2.43. The predicted octanol–water partition coefficient (Wildman–Crippen LogP) is 3.55. The first-order valence-electron chi connectivity index (χ1n) is 7.03. The number of nitrogen functional groups attached to an aromatic ring is 1. The molecule has 0 spiro atoms. The van der Waals surface area contributed by atoms with Crippen LogP contribution in [0.2, 0.25) is 0 Å². The number of rotatable bonds is 5. The highest BCUT2D eigenvalue weighted by atomic mass is 19.1. The smallest absolute Gasteiger partial charge is 0.262 e. The second-order valence-electron chi connectivity index (χ2n) is 5.30. The first-order valence-corrected chi connectivity index (χ1v) is 7.03. The fourth-order valence-corrected chi connectivity index (χ4v) is 1.92.